The summed E-state index contributed by atoms with van der Waals surface area (Å²) in [6.45, 7) is 1.99. The molecule has 0 amide bonds. The molecule has 2 aromatic rings. The van der Waals surface area contributed by atoms with E-state index in [1.54, 1.807) is 19.4 Å². The monoisotopic (exact) mass is 207 g/mol. The first-order valence-electron chi connectivity index (χ1n) is 4.31. The quantitative estimate of drug-likeness (QED) is 0.717. The highest BCUT2D eigenvalue weighted by Crippen LogP contribution is 2.28. The van der Waals surface area contributed by atoms with Crippen LogP contribution in [0.2, 0.25) is 5.02 Å². The summed E-state index contributed by atoms with van der Waals surface area (Å²) < 4.78 is 5.21. The Balaban J connectivity index is 2.79. The van der Waals surface area contributed by atoms with Crippen LogP contribution in [0.1, 0.15) is 5.56 Å². The first-order valence-corrected chi connectivity index (χ1v) is 4.69. The molecule has 0 fully saturated rings. The highest BCUT2D eigenvalue weighted by atomic mass is 35.5. The molecular formula is C11H10ClNO. The van der Waals surface area contributed by atoms with Gasteiger partial charge in [0, 0.05) is 17.6 Å². The summed E-state index contributed by atoms with van der Waals surface area (Å²) in [5.41, 5.74) is 1.93. The molecule has 2 rings (SSSR count). The molecule has 1 aromatic carbocycles. The van der Waals surface area contributed by atoms with Crippen LogP contribution in [0.15, 0.2) is 24.4 Å². The molecule has 0 aliphatic heterocycles. The molecule has 0 spiro atoms. The van der Waals surface area contributed by atoms with Crippen LogP contribution < -0.4 is 4.74 Å². The number of aromatic nitrogens is 1. The Hall–Kier alpha value is -1.28. The number of hydrogen-bond acceptors (Lipinski definition) is 2. The second-order valence-corrected chi connectivity index (χ2v) is 3.54. The number of pyridine rings is 1. The normalized spacial score (nSPS) is 10.5. The Morgan fingerprint density at radius 1 is 1.36 bits per heavy atom. The van der Waals surface area contributed by atoms with E-state index in [0.29, 0.717) is 0 Å². The fourth-order valence-electron chi connectivity index (χ4n) is 1.47. The summed E-state index contributed by atoms with van der Waals surface area (Å²) >= 11 is 6.04. The zero-order chi connectivity index (χ0) is 10.1. The van der Waals surface area contributed by atoms with Gasteiger partial charge in [-0.05, 0) is 24.6 Å². The van der Waals surface area contributed by atoms with E-state index >= 15 is 0 Å². The van der Waals surface area contributed by atoms with Crippen molar-refractivity contribution in [2.24, 2.45) is 0 Å². The summed E-state index contributed by atoms with van der Waals surface area (Å²) in [7, 11) is 1.65. The van der Waals surface area contributed by atoms with Crippen LogP contribution in [0, 0.1) is 6.92 Å². The number of methoxy groups -OCH3 is 1. The Morgan fingerprint density at radius 3 is 2.86 bits per heavy atom. The smallest absolute Gasteiger partial charge is 0.123 e. The third-order valence-electron chi connectivity index (χ3n) is 2.20. The minimum atomic E-state index is 0.723. The number of benzene rings is 1. The van der Waals surface area contributed by atoms with Crippen molar-refractivity contribution in [1.29, 1.82) is 0 Å². The van der Waals surface area contributed by atoms with Gasteiger partial charge in [0.05, 0.1) is 17.6 Å². The van der Waals surface area contributed by atoms with Gasteiger partial charge >= 0.3 is 0 Å². The van der Waals surface area contributed by atoms with Crippen LogP contribution >= 0.6 is 11.6 Å². The van der Waals surface area contributed by atoms with Gasteiger partial charge in [0.15, 0.2) is 0 Å². The SMILES string of the molecule is COc1cc2nccc(Cl)c2cc1C. The third-order valence-corrected chi connectivity index (χ3v) is 2.53. The second-order valence-electron chi connectivity index (χ2n) is 3.13. The van der Waals surface area contributed by atoms with Crippen molar-refractivity contribution >= 4 is 22.5 Å². The van der Waals surface area contributed by atoms with E-state index < -0.39 is 0 Å². The molecule has 2 nitrogen and oxygen atoms in total. The molecule has 0 saturated carbocycles. The second kappa shape index (κ2) is 3.46. The van der Waals surface area contributed by atoms with Crippen molar-refractivity contribution < 1.29 is 4.74 Å². The van der Waals surface area contributed by atoms with E-state index in [1.807, 2.05) is 19.1 Å². The fourth-order valence-corrected chi connectivity index (χ4v) is 1.68. The van der Waals surface area contributed by atoms with Crippen molar-refractivity contribution in [2.45, 2.75) is 6.92 Å². The first-order chi connectivity index (χ1) is 6.72. The van der Waals surface area contributed by atoms with Crippen molar-refractivity contribution in [3.8, 4) is 5.75 Å². The summed E-state index contributed by atoms with van der Waals surface area (Å²) in [6.07, 6.45) is 1.69. The molecule has 0 atom stereocenters. The van der Waals surface area contributed by atoms with Crippen molar-refractivity contribution in [3.05, 3.63) is 35.0 Å². The van der Waals surface area contributed by atoms with Crippen LogP contribution in [0.4, 0.5) is 0 Å². The first kappa shape index (κ1) is 9.28. The topological polar surface area (TPSA) is 22.1 Å². The maximum absolute atomic E-state index is 6.04. The average molecular weight is 208 g/mol. The van der Waals surface area contributed by atoms with E-state index in [9.17, 15) is 0 Å². The van der Waals surface area contributed by atoms with Gasteiger partial charge in [-0.25, -0.2) is 0 Å². The predicted octanol–water partition coefficient (Wildman–Crippen LogP) is 3.21. The van der Waals surface area contributed by atoms with Gasteiger partial charge in [0.25, 0.3) is 0 Å². The van der Waals surface area contributed by atoms with E-state index in [-0.39, 0.29) is 0 Å². The van der Waals surface area contributed by atoms with Crippen LogP contribution in [0.5, 0.6) is 5.75 Å². The Morgan fingerprint density at radius 2 is 2.14 bits per heavy atom. The summed E-state index contributed by atoms with van der Waals surface area (Å²) in [5.74, 6) is 0.840. The largest absolute Gasteiger partial charge is 0.496 e. The van der Waals surface area contributed by atoms with E-state index in [4.69, 9.17) is 16.3 Å². The number of hydrogen-bond donors (Lipinski definition) is 0. The lowest BCUT2D eigenvalue weighted by molar-refractivity contribution is 0.412. The molecule has 0 radical (unpaired) electrons. The van der Waals surface area contributed by atoms with Crippen LogP contribution in [-0.2, 0) is 0 Å². The lowest BCUT2D eigenvalue weighted by Crippen LogP contribution is -1.88. The van der Waals surface area contributed by atoms with E-state index in [1.165, 1.54) is 0 Å². The van der Waals surface area contributed by atoms with Gasteiger partial charge in [0.2, 0.25) is 0 Å². The fraction of sp³-hybridized carbons (Fsp3) is 0.182. The van der Waals surface area contributed by atoms with E-state index in [0.717, 1.165) is 27.2 Å². The Labute approximate surface area is 87.5 Å². The summed E-state index contributed by atoms with van der Waals surface area (Å²) in [5, 5.41) is 1.69. The van der Waals surface area contributed by atoms with Crippen LogP contribution in [0.3, 0.4) is 0 Å². The minimum absolute atomic E-state index is 0.723. The number of halogens is 1. The summed E-state index contributed by atoms with van der Waals surface area (Å²) in [4.78, 5) is 4.23. The molecule has 0 bridgehead atoms. The minimum Gasteiger partial charge on any atom is -0.496 e. The standard InChI is InChI=1S/C11H10ClNO/c1-7-5-8-9(12)3-4-13-10(8)6-11(7)14-2/h3-6H,1-2H3. The molecule has 14 heavy (non-hydrogen) atoms. The van der Waals surface area contributed by atoms with Gasteiger partial charge in [0.1, 0.15) is 5.75 Å². The van der Waals surface area contributed by atoms with Crippen LogP contribution in [0.25, 0.3) is 10.9 Å². The molecule has 0 aliphatic carbocycles. The molecule has 1 aromatic heterocycles. The van der Waals surface area contributed by atoms with Crippen LogP contribution in [-0.4, -0.2) is 12.1 Å². The molecule has 0 N–H and O–H groups in total. The molecule has 0 unspecified atom stereocenters. The Kier molecular flexibility index (Phi) is 2.30. The molecular weight excluding hydrogens is 198 g/mol. The number of fused-ring (bicyclic) bond motifs is 1. The number of rotatable bonds is 1. The highest BCUT2D eigenvalue weighted by molar-refractivity contribution is 6.35. The zero-order valence-corrected chi connectivity index (χ0v) is 8.80. The molecule has 72 valence electrons. The number of nitrogens with zero attached hydrogens (tertiary/aromatic N) is 1. The van der Waals surface area contributed by atoms with Gasteiger partial charge < -0.3 is 4.74 Å². The highest BCUT2D eigenvalue weighted by Gasteiger charge is 2.04. The summed E-state index contributed by atoms with van der Waals surface area (Å²) in [6, 6.07) is 5.68. The zero-order valence-electron chi connectivity index (χ0n) is 8.04. The van der Waals surface area contributed by atoms with Gasteiger partial charge in [-0.2, -0.15) is 0 Å². The maximum Gasteiger partial charge on any atom is 0.123 e. The van der Waals surface area contributed by atoms with Crippen molar-refractivity contribution in [3.63, 3.8) is 0 Å². The molecule has 3 heteroatoms. The number of ether oxygens (including phenoxy) is 1. The third kappa shape index (κ3) is 1.42. The van der Waals surface area contributed by atoms with Crippen molar-refractivity contribution in [1.82, 2.24) is 4.98 Å². The molecule has 0 saturated heterocycles. The Bertz CT molecular complexity index is 482. The van der Waals surface area contributed by atoms with Gasteiger partial charge in [-0.3, -0.25) is 4.98 Å². The number of aryl methyl sites for hydroxylation is 1. The molecule has 1 heterocycles. The average Bonchev–Trinajstić information content (AvgIpc) is 2.19. The van der Waals surface area contributed by atoms with Crippen molar-refractivity contribution in [2.75, 3.05) is 7.11 Å². The van der Waals surface area contributed by atoms with E-state index in [2.05, 4.69) is 4.98 Å². The lowest BCUT2D eigenvalue weighted by atomic mass is 10.1. The maximum atomic E-state index is 6.04. The van der Waals surface area contributed by atoms with Gasteiger partial charge in [-0.15, -0.1) is 0 Å². The molecule has 0 aliphatic rings. The lowest BCUT2D eigenvalue weighted by Gasteiger charge is -2.06. The van der Waals surface area contributed by atoms with Gasteiger partial charge in [-0.1, -0.05) is 11.6 Å². The predicted molar refractivity (Wildman–Crippen MR) is 58.0 cm³/mol.